The Bertz CT molecular complexity index is 1120. The Labute approximate surface area is 236 Å². The van der Waals surface area contributed by atoms with Crippen LogP contribution in [0.2, 0.25) is 18.1 Å². The first kappa shape index (κ1) is 32.8. The number of hydrogen-bond acceptors (Lipinski definition) is 11. The Balaban J connectivity index is 2.25. The number of ether oxygens (including phenoxy) is 6. The molecule has 1 aliphatic heterocycles. The van der Waals surface area contributed by atoms with Crippen molar-refractivity contribution < 1.29 is 52.0 Å². The van der Waals surface area contributed by atoms with Crippen LogP contribution in [0.5, 0.6) is 11.5 Å². The van der Waals surface area contributed by atoms with Gasteiger partial charge in [0.05, 0.1) is 13.2 Å². The molecule has 1 saturated heterocycles. The number of carbonyl (C=O) groups excluding carboxylic acids is 4. The number of esters is 4. The van der Waals surface area contributed by atoms with Gasteiger partial charge in [-0.1, -0.05) is 26.8 Å². The van der Waals surface area contributed by atoms with Gasteiger partial charge in [-0.05, 0) is 48.8 Å². The van der Waals surface area contributed by atoms with E-state index in [1.165, 1.54) is 26.2 Å². The smallest absolute Gasteiger partial charge is 0.333 e. The predicted molar refractivity (Wildman–Crippen MR) is 147 cm³/mol. The molecule has 1 fully saturated rings. The van der Waals surface area contributed by atoms with Crippen molar-refractivity contribution >= 4 is 38.3 Å². The Morgan fingerprint density at radius 2 is 1.40 bits per heavy atom. The second-order valence-electron chi connectivity index (χ2n) is 11.0. The topological polar surface area (TPSA) is 133 Å². The van der Waals surface area contributed by atoms with E-state index in [9.17, 15) is 19.2 Å². The third kappa shape index (κ3) is 8.82. The number of hydrogen-bond donors (Lipinski definition) is 0. The molecule has 1 aromatic rings. The summed E-state index contributed by atoms with van der Waals surface area (Å²) in [5.41, 5.74) is 0.638. The van der Waals surface area contributed by atoms with Crippen LogP contribution in [-0.2, 0) is 42.9 Å². The Kier molecular flexibility index (Phi) is 10.9. The van der Waals surface area contributed by atoms with Crippen molar-refractivity contribution in [2.45, 2.75) is 97.3 Å². The van der Waals surface area contributed by atoms with Gasteiger partial charge in [0.2, 0.25) is 12.4 Å². The van der Waals surface area contributed by atoms with E-state index in [1.807, 2.05) is 0 Å². The lowest BCUT2D eigenvalue weighted by Crippen LogP contribution is -2.61. The third-order valence-corrected chi connectivity index (χ3v) is 11.0. The monoisotopic (exact) mass is 580 g/mol. The lowest BCUT2D eigenvalue weighted by molar-refractivity contribution is -0.292. The van der Waals surface area contributed by atoms with E-state index in [2.05, 4.69) is 33.9 Å². The summed E-state index contributed by atoms with van der Waals surface area (Å²) >= 11 is 0. The molecule has 0 bridgehead atoms. The maximum Gasteiger partial charge on any atom is 0.333 e. The van der Waals surface area contributed by atoms with Gasteiger partial charge in [-0.2, -0.15) is 0 Å². The summed E-state index contributed by atoms with van der Waals surface area (Å²) in [6.45, 7) is 15.7. The first-order chi connectivity index (χ1) is 18.4. The second kappa shape index (κ2) is 13.3. The predicted octanol–water partition coefficient (Wildman–Crippen LogP) is 4.18. The lowest BCUT2D eigenvalue weighted by Gasteiger charge is -2.42. The highest BCUT2D eigenvalue weighted by Gasteiger charge is 2.52. The van der Waals surface area contributed by atoms with Crippen LogP contribution < -0.4 is 9.16 Å². The van der Waals surface area contributed by atoms with E-state index >= 15 is 0 Å². The summed E-state index contributed by atoms with van der Waals surface area (Å²) in [5, 5.41) is -0.00430. The summed E-state index contributed by atoms with van der Waals surface area (Å²) in [6.07, 6.45) is -3.38. The molecule has 0 amide bonds. The van der Waals surface area contributed by atoms with Crippen molar-refractivity contribution in [1.29, 1.82) is 0 Å². The maximum atomic E-state index is 12.8. The molecule has 0 aliphatic carbocycles. The minimum Gasteiger partial charge on any atom is -0.541 e. The van der Waals surface area contributed by atoms with Crippen molar-refractivity contribution in [1.82, 2.24) is 0 Å². The maximum absolute atomic E-state index is 12.8. The van der Waals surface area contributed by atoms with Crippen molar-refractivity contribution in [3.63, 3.8) is 0 Å². The molecule has 1 aliphatic rings. The zero-order valence-electron chi connectivity index (χ0n) is 24.8. The fraction of sp³-hybridized carbons (Fsp3) is 0.571. The highest BCUT2D eigenvalue weighted by molar-refractivity contribution is 6.74. The molecule has 0 N–H and O–H groups in total. The van der Waals surface area contributed by atoms with E-state index in [4.69, 9.17) is 32.8 Å². The molecule has 11 nitrogen and oxygen atoms in total. The average molecular weight is 581 g/mol. The van der Waals surface area contributed by atoms with Crippen molar-refractivity contribution in [2.75, 3.05) is 7.11 Å². The molecule has 12 heteroatoms. The lowest BCUT2D eigenvalue weighted by atomic mass is 9.99. The van der Waals surface area contributed by atoms with E-state index in [0.717, 1.165) is 13.8 Å². The number of benzene rings is 1. The molecule has 40 heavy (non-hydrogen) atoms. The molecule has 0 spiro atoms. The minimum absolute atomic E-state index is 0.00430. The summed E-state index contributed by atoms with van der Waals surface area (Å²) in [7, 11) is -0.571. The molecular formula is C28H40O11Si. The van der Waals surface area contributed by atoms with Gasteiger partial charge in [0.1, 0.15) is 5.75 Å². The van der Waals surface area contributed by atoms with Crippen LogP contribution >= 0.6 is 0 Å². The van der Waals surface area contributed by atoms with Crippen LogP contribution in [0, 0.1) is 0 Å². The zero-order valence-corrected chi connectivity index (χ0v) is 25.8. The average Bonchev–Trinajstić information content (AvgIpc) is 2.81. The van der Waals surface area contributed by atoms with Crippen molar-refractivity contribution in [3.8, 4) is 11.5 Å². The molecule has 5 atom stereocenters. The number of methoxy groups -OCH3 is 1. The van der Waals surface area contributed by atoms with Gasteiger partial charge in [0.15, 0.2) is 18.0 Å². The first-order valence-electron chi connectivity index (χ1n) is 12.9. The summed E-state index contributed by atoms with van der Waals surface area (Å²) in [5.74, 6) is -1.81. The molecule has 222 valence electrons. The van der Waals surface area contributed by atoms with Crippen molar-refractivity contribution in [2.24, 2.45) is 0 Å². The molecule has 1 aromatic carbocycles. The molecule has 5 unspecified atom stereocenters. The Hall–Kier alpha value is -3.38. The van der Waals surface area contributed by atoms with Gasteiger partial charge in [0, 0.05) is 26.8 Å². The summed E-state index contributed by atoms with van der Waals surface area (Å²) in [4.78, 5) is 48.0. The fourth-order valence-electron chi connectivity index (χ4n) is 3.68. The van der Waals surface area contributed by atoms with E-state index in [0.29, 0.717) is 17.1 Å². The molecule has 0 saturated carbocycles. The van der Waals surface area contributed by atoms with Crippen LogP contribution in [-0.4, -0.2) is 70.0 Å². The van der Waals surface area contributed by atoms with Crippen LogP contribution in [0.3, 0.4) is 0 Å². The minimum atomic E-state index is -2.11. The number of rotatable bonds is 9. The van der Waals surface area contributed by atoms with E-state index < -0.39 is 62.9 Å². The number of carbonyl (C=O) groups is 4. The van der Waals surface area contributed by atoms with Crippen LogP contribution in [0.15, 0.2) is 24.3 Å². The van der Waals surface area contributed by atoms with Crippen LogP contribution in [0.25, 0.3) is 6.08 Å². The van der Waals surface area contributed by atoms with Gasteiger partial charge in [-0.15, -0.1) is 0 Å². The van der Waals surface area contributed by atoms with E-state index in [-0.39, 0.29) is 5.04 Å². The van der Waals surface area contributed by atoms with Crippen LogP contribution in [0.1, 0.15) is 54.0 Å². The SMILES string of the molecule is COc1cc(/C=C/C(=O)OC2OC(C)C(OC(C)=O)C(OC(C)=O)C2OC(C)=O)ccc1O[Si](C)(C)C(C)(C)C. The fourth-order valence-corrected chi connectivity index (χ4v) is 4.71. The van der Waals surface area contributed by atoms with Crippen molar-refractivity contribution in [3.05, 3.63) is 29.8 Å². The Morgan fingerprint density at radius 1 is 0.850 bits per heavy atom. The highest BCUT2D eigenvalue weighted by Crippen LogP contribution is 2.40. The highest BCUT2D eigenvalue weighted by atomic mass is 28.4. The van der Waals surface area contributed by atoms with Crippen LogP contribution in [0.4, 0.5) is 0 Å². The summed E-state index contributed by atoms with van der Waals surface area (Å²) in [6, 6.07) is 5.29. The van der Waals surface area contributed by atoms with Gasteiger partial charge in [0.25, 0.3) is 8.32 Å². The molecule has 2 rings (SSSR count). The molecule has 1 heterocycles. The second-order valence-corrected chi connectivity index (χ2v) is 15.7. The quantitative estimate of drug-likeness (QED) is 0.180. The normalized spacial score (nSPS) is 23.2. The summed E-state index contributed by atoms with van der Waals surface area (Å²) < 4.78 is 38.9. The first-order valence-corrected chi connectivity index (χ1v) is 15.8. The van der Waals surface area contributed by atoms with Gasteiger partial charge in [-0.25, -0.2) is 4.79 Å². The standard InChI is InChI=1S/C28H40O11Si/c1-16-24(35-17(2)29)25(36-18(3)30)26(37-19(4)31)27(34-16)38-23(32)14-12-20-11-13-21(22(15-20)33-8)39-40(9,10)28(5,6)7/h11-16,24-27H,1-10H3/b14-12+. The molecule has 0 radical (unpaired) electrons. The van der Waals surface area contributed by atoms with Gasteiger partial charge < -0.3 is 32.8 Å². The molecule has 0 aromatic heterocycles. The largest absolute Gasteiger partial charge is 0.541 e. The van der Waals surface area contributed by atoms with E-state index in [1.54, 1.807) is 25.1 Å². The third-order valence-electron chi connectivity index (χ3n) is 6.64. The van der Waals surface area contributed by atoms with Gasteiger partial charge in [-0.3, -0.25) is 14.4 Å². The Morgan fingerprint density at radius 3 is 1.93 bits per heavy atom. The zero-order chi connectivity index (χ0) is 30.4. The molecular weight excluding hydrogens is 540 g/mol. The van der Waals surface area contributed by atoms with Gasteiger partial charge >= 0.3 is 23.9 Å².